The van der Waals surface area contributed by atoms with E-state index in [9.17, 15) is 9.46 Å². The van der Waals surface area contributed by atoms with Crippen molar-refractivity contribution in [2.24, 2.45) is 0 Å². The molecule has 1 saturated heterocycles. The van der Waals surface area contributed by atoms with Crippen LogP contribution in [0.5, 0.6) is 0 Å². The Bertz CT molecular complexity index is 297. The quantitative estimate of drug-likeness (QED) is 0.461. The number of hydrogen-bond acceptors (Lipinski definition) is 6. The van der Waals surface area contributed by atoms with Crippen molar-refractivity contribution in [1.29, 1.82) is 0 Å². The van der Waals surface area contributed by atoms with Gasteiger partial charge < -0.3 is 24.2 Å². The number of aliphatic hydroxyl groups is 1. The first-order valence-corrected chi connectivity index (χ1v) is 7.52. The maximum atomic E-state index is 11.3. The highest BCUT2D eigenvalue weighted by atomic mass is 31.2. The summed E-state index contributed by atoms with van der Waals surface area (Å²) in [6.45, 7) is 1.09. The summed E-state index contributed by atoms with van der Waals surface area (Å²) in [5.74, 6) is 0. The first kappa shape index (κ1) is 16.1. The smallest absolute Gasteiger partial charge is 0.325 e. The van der Waals surface area contributed by atoms with Crippen LogP contribution in [0.4, 0.5) is 0 Å². The third kappa shape index (κ3) is 4.62. The molecular formula is C9H18BO7P. The van der Waals surface area contributed by atoms with E-state index in [-0.39, 0.29) is 19.8 Å². The molecule has 0 aliphatic carbocycles. The van der Waals surface area contributed by atoms with Crippen LogP contribution in [0.25, 0.3) is 0 Å². The van der Waals surface area contributed by atoms with Gasteiger partial charge in [0.15, 0.2) is 0 Å². The third-order valence-corrected chi connectivity index (χ3v) is 3.03. The van der Waals surface area contributed by atoms with Crippen molar-refractivity contribution in [3.8, 4) is 0 Å². The molecule has 18 heavy (non-hydrogen) atoms. The Hall–Kier alpha value is 0.0549. The lowest BCUT2D eigenvalue weighted by Crippen LogP contribution is -2.39. The fourth-order valence-corrected chi connectivity index (χ4v) is 2.49. The van der Waals surface area contributed by atoms with E-state index < -0.39 is 31.9 Å². The van der Waals surface area contributed by atoms with Gasteiger partial charge in [-0.2, -0.15) is 0 Å². The fourth-order valence-electron chi connectivity index (χ4n) is 1.79. The normalized spacial score (nSPS) is 35.6. The SMILES string of the molecule is [B][C@@H]1O[C@H](COC)C(OP(C)(=O)O)[C@@H]1OCCO. The molecule has 5 atom stereocenters. The molecule has 0 saturated carbocycles. The molecule has 0 aromatic carbocycles. The Kier molecular flexibility index (Phi) is 6.27. The standard InChI is InChI=1S/C9H18BO7P/c1-14-5-6-7(17-18(2,12)13)8(9(10)16-6)15-4-3-11/h6-9,11H,3-5H2,1-2H3,(H,12,13)/t6-,7?,8+,9-/m1/s1. The Morgan fingerprint density at radius 2 is 2.11 bits per heavy atom. The number of aliphatic hydroxyl groups excluding tert-OH is 1. The van der Waals surface area contributed by atoms with E-state index in [4.69, 9.17) is 31.7 Å². The van der Waals surface area contributed by atoms with Crippen LogP contribution in [-0.4, -0.2) is 75.8 Å². The largest absolute Gasteiger partial charge is 0.394 e. The van der Waals surface area contributed by atoms with Gasteiger partial charge in [0.05, 0.1) is 19.8 Å². The van der Waals surface area contributed by atoms with Crippen molar-refractivity contribution >= 4 is 15.4 Å². The van der Waals surface area contributed by atoms with Crippen LogP contribution < -0.4 is 0 Å². The van der Waals surface area contributed by atoms with Crippen LogP contribution in [0.2, 0.25) is 0 Å². The predicted molar refractivity (Wildman–Crippen MR) is 63.7 cm³/mol. The topological polar surface area (TPSA) is 94.5 Å². The van der Waals surface area contributed by atoms with E-state index in [2.05, 4.69) is 0 Å². The van der Waals surface area contributed by atoms with E-state index in [1.165, 1.54) is 7.11 Å². The number of ether oxygens (including phenoxy) is 3. The summed E-state index contributed by atoms with van der Waals surface area (Å²) in [5, 5.41) is 8.72. The Morgan fingerprint density at radius 1 is 1.44 bits per heavy atom. The molecule has 0 aromatic heterocycles. The summed E-state index contributed by atoms with van der Waals surface area (Å²) in [5.41, 5.74) is 0. The Balaban J connectivity index is 2.74. The van der Waals surface area contributed by atoms with E-state index in [0.29, 0.717) is 0 Å². The van der Waals surface area contributed by atoms with Crippen molar-refractivity contribution < 1.29 is 33.3 Å². The molecule has 1 fully saturated rings. The van der Waals surface area contributed by atoms with Crippen LogP contribution in [0.1, 0.15) is 0 Å². The zero-order chi connectivity index (χ0) is 13.8. The molecule has 1 aliphatic rings. The molecule has 9 heteroatoms. The molecule has 7 nitrogen and oxygen atoms in total. The van der Waals surface area contributed by atoms with Gasteiger partial charge in [-0.15, -0.1) is 0 Å². The van der Waals surface area contributed by atoms with Gasteiger partial charge in [0.2, 0.25) is 0 Å². The summed E-state index contributed by atoms with van der Waals surface area (Å²) in [4.78, 5) is 9.28. The monoisotopic (exact) mass is 280 g/mol. The summed E-state index contributed by atoms with van der Waals surface area (Å²) >= 11 is 0. The summed E-state index contributed by atoms with van der Waals surface area (Å²) in [7, 11) is 3.48. The number of rotatable bonds is 7. The molecule has 104 valence electrons. The Labute approximate surface area is 107 Å². The van der Waals surface area contributed by atoms with Gasteiger partial charge in [-0.25, -0.2) is 0 Å². The van der Waals surface area contributed by atoms with E-state index in [0.717, 1.165) is 6.66 Å². The van der Waals surface area contributed by atoms with Crippen molar-refractivity contribution in [3.05, 3.63) is 0 Å². The minimum atomic E-state index is -3.71. The first-order chi connectivity index (χ1) is 8.39. The molecular weight excluding hydrogens is 262 g/mol. The van der Waals surface area contributed by atoms with Crippen LogP contribution in [0.3, 0.4) is 0 Å². The lowest BCUT2D eigenvalue weighted by molar-refractivity contribution is -0.0319. The highest BCUT2D eigenvalue weighted by Gasteiger charge is 2.45. The summed E-state index contributed by atoms with van der Waals surface area (Å²) in [6.07, 6.45) is -2.13. The van der Waals surface area contributed by atoms with Gasteiger partial charge in [-0.05, 0) is 0 Å². The second-order valence-electron chi connectivity index (χ2n) is 4.03. The van der Waals surface area contributed by atoms with Crippen LogP contribution in [0, 0.1) is 0 Å². The second kappa shape index (κ2) is 7.00. The predicted octanol–water partition coefficient (Wildman–Crippen LogP) is -0.896. The van der Waals surface area contributed by atoms with E-state index >= 15 is 0 Å². The maximum Gasteiger partial charge on any atom is 0.325 e. The molecule has 2 radical (unpaired) electrons. The van der Waals surface area contributed by atoms with Crippen LogP contribution in [-0.2, 0) is 23.3 Å². The van der Waals surface area contributed by atoms with Gasteiger partial charge in [0.25, 0.3) is 0 Å². The third-order valence-electron chi connectivity index (χ3n) is 2.40. The van der Waals surface area contributed by atoms with Crippen LogP contribution >= 0.6 is 7.60 Å². The van der Waals surface area contributed by atoms with Crippen LogP contribution in [0.15, 0.2) is 0 Å². The molecule has 2 unspecified atom stereocenters. The lowest BCUT2D eigenvalue weighted by Gasteiger charge is -2.24. The Morgan fingerprint density at radius 3 is 2.61 bits per heavy atom. The molecule has 0 amide bonds. The van der Waals surface area contributed by atoms with E-state index in [1.54, 1.807) is 0 Å². The van der Waals surface area contributed by atoms with Crippen molar-refractivity contribution in [2.45, 2.75) is 24.3 Å². The van der Waals surface area contributed by atoms with E-state index in [1.807, 2.05) is 0 Å². The second-order valence-corrected chi connectivity index (χ2v) is 5.84. The zero-order valence-corrected chi connectivity index (χ0v) is 11.3. The molecule has 0 aromatic rings. The minimum absolute atomic E-state index is 0.0424. The molecule has 2 N–H and O–H groups in total. The minimum Gasteiger partial charge on any atom is -0.394 e. The summed E-state index contributed by atoms with van der Waals surface area (Å²) < 4.78 is 32.0. The van der Waals surface area contributed by atoms with Crippen molar-refractivity contribution in [1.82, 2.24) is 0 Å². The zero-order valence-electron chi connectivity index (χ0n) is 10.4. The van der Waals surface area contributed by atoms with Gasteiger partial charge in [-0.1, -0.05) is 0 Å². The first-order valence-electron chi connectivity index (χ1n) is 5.50. The van der Waals surface area contributed by atoms with Gasteiger partial charge >= 0.3 is 7.60 Å². The lowest BCUT2D eigenvalue weighted by atomic mass is 9.93. The fraction of sp³-hybridized carbons (Fsp3) is 1.00. The molecule has 0 spiro atoms. The number of methoxy groups -OCH3 is 1. The van der Waals surface area contributed by atoms with Gasteiger partial charge in [-0.3, -0.25) is 9.09 Å². The van der Waals surface area contributed by atoms with Gasteiger partial charge in [0, 0.05) is 19.8 Å². The highest BCUT2D eigenvalue weighted by Crippen LogP contribution is 2.42. The molecule has 1 rings (SSSR count). The number of hydrogen-bond donors (Lipinski definition) is 2. The molecule has 1 aliphatic heterocycles. The van der Waals surface area contributed by atoms with Crippen molar-refractivity contribution in [2.75, 3.05) is 33.6 Å². The average molecular weight is 280 g/mol. The molecule has 1 heterocycles. The average Bonchev–Trinajstić information content (AvgIpc) is 2.51. The highest BCUT2D eigenvalue weighted by molar-refractivity contribution is 7.51. The van der Waals surface area contributed by atoms with Gasteiger partial charge in [0.1, 0.15) is 26.2 Å². The maximum absolute atomic E-state index is 11.3. The molecule has 0 bridgehead atoms. The summed E-state index contributed by atoms with van der Waals surface area (Å²) in [6, 6.07) is -0.798. The van der Waals surface area contributed by atoms with Crippen molar-refractivity contribution in [3.63, 3.8) is 0 Å².